The van der Waals surface area contributed by atoms with Gasteiger partial charge < -0.3 is 9.29 Å². The number of halogens is 1. The number of phenols is 1. The van der Waals surface area contributed by atoms with Gasteiger partial charge in [-0.25, -0.2) is 0 Å². The van der Waals surface area contributed by atoms with Crippen LogP contribution in [0.5, 0.6) is 11.5 Å². The molecule has 0 aliphatic carbocycles. The number of aryl methyl sites for hydroxylation is 1. The standard InChI is InChI=1S/C35H30ClNO4S/c1-21-16-27-23(18-30(21)36)19-31(41-42(39,40)24-11-6-5-7-12-24)32-26(27)14-15-37-33(32)28-17-22-10-8-9-13-25(22)29(34(28)38)20-35(2,3)4/h5-19,38H,20H2,1-4H3. The van der Waals surface area contributed by atoms with Gasteiger partial charge in [0.15, 0.2) is 5.75 Å². The normalized spacial score (nSPS) is 12.3. The van der Waals surface area contributed by atoms with Crippen molar-refractivity contribution >= 4 is 54.0 Å². The van der Waals surface area contributed by atoms with Crippen molar-refractivity contribution in [2.24, 2.45) is 5.41 Å². The van der Waals surface area contributed by atoms with Crippen molar-refractivity contribution in [3.8, 4) is 22.8 Å². The maximum absolute atomic E-state index is 13.5. The molecule has 0 atom stereocenters. The average Bonchev–Trinajstić information content (AvgIpc) is 2.95. The molecule has 1 heterocycles. The lowest BCUT2D eigenvalue weighted by Gasteiger charge is -2.22. The maximum Gasteiger partial charge on any atom is 0.339 e. The highest BCUT2D eigenvalue weighted by atomic mass is 35.5. The lowest BCUT2D eigenvalue weighted by molar-refractivity contribution is 0.397. The number of phenolic OH excluding ortho intramolecular Hbond substituents is 1. The van der Waals surface area contributed by atoms with Crippen LogP contribution in [0.4, 0.5) is 0 Å². The van der Waals surface area contributed by atoms with Gasteiger partial charge in [-0.2, -0.15) is 8.42 Å². The number of nitrogens with zero attached hydrogens (tertiary/aromatic N) is 1. The first-order chi connectivity index (χ1) is 19.9. The lowest BCUT2D eigenvalue weighted by Crippen LogP contribution is -2.11. The molecule has 6 aromatic rings. The fourth-order valence-electron chi connectivity index (χ4n) is 5.52. The van der Waals surface area contributed by atoms with Crippen LogP contribution in [0, 0.1) is 12.3 Å². The molecule has 0 aliphatic heterocycles. The molecule has 1 N–H and O–H groups in total. The van der Waals surface area contributed by atoms with Gasteiger partial charge in [0.25, 0.3) is 0 Å². The molecule has 5 nitrogen and oxygen atoms in total. The number of hydrogen-bond acceptors (Lipinski definition) is 5. The Morgan fingerprint density at radius 1 is 0.857 bits per heavy atom. The van der Waals surface area contributed by atoms with Gasteiger partial charge in [-0.3, -0.25) is 4.98 Å². The number of hydrogen-bond donors (Lipinski definition) is 1. The Morgan fingerprint density at radius 2 is 1.57 bits per heavy atom. The number of aromatic nitrogens is 1. The molecule has 1 aromatic heterocycles. The number of pyridine rings is 1. The van der Waals surface area contributed by atoms with E-state index in [1.165, 1.54) is 12.1 Å². The first-order valence-electron chi connectivity index (χ1n) is 13.7. The minimum absolute atomic E-state index is 0.0339. The van der Waals surface area contributed by atoms with Gasteiger partial charge >= 0.3 is 10.1 Å². The smallest absolute Gasteiger partial charge is 0.339 e. The van der Waals surface area contributed by atoms with Gasteiger partial charge in [0.2, 0.25) is 0 Å². The molecule has 212 valence electrons. The highest BCUT2D eigenvalue weighted by Gasteiger charge is 2.25. The van der Waals surface area contributed by atoms with Crippen LogP contribution < -0.4 is 4.18 Å². The van der Waals surface area contributed by atoms with Crippen LogP contribution in [0.1, 0.15) is 31.9 Å². The summed E-state index contributed by atoms with van der Waals surface area (Å²) in [6.45, 7) is 8.31. The number of fused-ring (bicyclic) bond motifs is 4. The van der Waals surface area contributed by atoms with Crippen molar-refractivity contribution in [2.75, 3.05) is 0 Å². The van der Waals surface area contributed by atoms with E-state index in [1.807, 2.05) is 55.5 Å². The fraction of sp³-hybridized carbons (Fsp3) is 0.171. The van der Waals surface area contributed by atoms with Crippen LogP contribution >= 0.6 is 11.6 Å². The fourth-order valence-corrected chi connectivity index (χ4v) is 6.65. The number of aromatic hydroxyl groups is 1. The predicted octanol–water partition coefficient (Wildman–Crippen LogP) is 9.23. The molecule has 0 fully saturated rings. The molecule has 0 aliphatic rings. The molecular formula is C35H30ClNO4S. The van der Waals surface area contributed by atoms with Gasteiger partial charge in [0, 0.05) is 22.3 Å². The van der Waals surface area contributed by atoms with Gasteiger partial charge in [-0.1, -0.05) is 74.8 Å². The summed E-state index contributed by atoms with van der Waals surface area (Å²) in [5, 5.41) is 17.1. The molecular weight excluding hydrogens is 566 g/mol. The van der Waals surface area contributed by atoms with Gasteiger partial charge in [-0.05, 0) is 93.7 Å². The second-order valence-corrected chi connectivity index (χ2v) is 13.8. The Hall–Kier alpha value is -4.13. The van der Waals surface area contributed by atoms with E-state index in [-0.39, 0.29) is 21.8 Å². The first kappa shape index (κ1) is 28.0. The Morgan fingerprint density at radius 3 is 2.31 bits per heavy atom. The van der Waals surface area contributed by atoms with E-state index >= 15 is 0 Å². The number of benzene rings is 5. The van der Waals surface area contributed by atoms with Crippen molar-refractivity contribution in [2.45, 2.75) is 39.0 Å². The van der Waals surface area contributed by atoms with Crippen LogP contribution in [0.15, 0.2) is 96.0 Å². The van der Waals surface area contributed by atoms with E-state index in [9.17, 15) is 13.5 Å². The summed E-state index contributed by atoms with van der Waals surface area (Å²) in [5.41, 5.74) is 2.53. The highest BCUT2D eigenvalue weighted by molar-refractivity contribution is 7.87. The van der Waals surface area contributed by atoms with E-state index < -0.39 is 10.1 Å². The molecule has 0 saturated heterocycles. The summed E-state index contributed by atoms with van der Waals surface area (Å²) in [6, 6.07) is 25.2. The molecule has 0 bridgehead atoms. The van der Waals surface area contributed by atoms with E-state index in [4.69, 9.17) is 20.8 Å². The Labute approximate surface area is 250 Å². The second kappa shape index (κ2) is 10.3. The molecule has 0 spiro atoms. The molecule has 0 unspecified atom stereocenters. The molecule has 0 saturated carbocycles. The van der Waals surface area contributed by atoms with Crippen LogP contribution in [-0.4, -0.2) is 18.5 Å². The van der Waals surface area contributed by atoms with Crippen LogP contribution in [-0.2, 0) is 16.5 Å². The molecule has 42 heavy (non-hydrogen) atoms. The molecule has 7 heteroatoms. The van der Waals surface area contributed by atoms with Crippen molar-refractivity contribution in [1.29, 1.82) is 0 Å². The van der Waals surface area contributed by atoms with Gasteiger partial charge in [0.1, 0.15) is 10.6 Å². The Balaban J connectivity index is 1.71. The zero-order chi connectivity index (χ0) is 29.8. The Kier molecular flexibility index (Phi) is 6.87. The average molecular weight is 596 g/mol. The van der Waals surface area contributed by atoms with E-state index in [1.54, 1.807) is 30.5 Å². The topological polar surface area (TPSA) is 76.5 Å². The Bertz CT molecular complexity index is 2120. The van der Waals surface area contributed by atoms with Crippen LogP contribution in [0.25, 0.3) is 43.6 Å². The summed E-state index contributed by atoms with van der Waals surface area (Å²) in [7, 11) is -4.19. The monoisotopic (exact) mass is 595 g/mol. The lowest BCUT2D eigenvalue weighted by atomic mass is 9.84. The zero-order valence-corrected chi connectivity index (χ0v) is 25.3. The summed E-state index contributed by atoms with van der Waals surface area (Å²) in [6.07, 6.45) is 2.30. The molecule has 6 rings (SSSR count). The molecule has 0 radical (unpaired) electrons. The highest BCUT2D eigenvalue weighted by Crippen LogP contribution is 2.46. The van der Waals surface area contributed by atoms with Gasteiger partial charge in [0.05, 0.1) is 11.1 Å². The van der Waals surface area contributed by atoms with Gasteiger partial charge in [-0.15, -0.1) is 0 Å². The third-order valence-corrected chi connectivity index (χ3v) is 9.08. The SMILES string of the molecule is Cc1cc2c(cc1Cl)cc(OS(=O)(=O)c1ccccc1)c1c(-c3cc4ccccc4c(CC(C)(C)C)c3O)nccc12. The number of rotatable bonds is 5. The van der Waals surface area contributed by atoms with Crippen molar-refractivity contribution in [3.63, 3.8) is 0 Å². The van der Waals surface area contributed by atoms with Crippen LogP contribution in [0.2, 0.25) is 5.02 Å². The first-order valence-corrected chi connectivity index (χ1v) is 15.5. The zero-order valence-electron chi connectivity index (χ0n) is 23.8. The third kappa shape index (κ3) is 5.06. The summed E-state index contributed by atoms with van der Waals surface area (Å²) in [5.74, 6) is 0.224. The largest absolute Gasteiger partial charge is 0.507 e. The summed E-state index contributed by atoms with van der Waals surface area (Å²) >= 11 is 6.49. The van der Waals surface area contributed by atoms with Crippen molar-refractivity contribution in [3.05, 3.63) is 107 Å². The molecule has 5 aromatic carbocycles. The summed E-state index contributed by atoms with van der Waals surface area (Å²) in [4.78, 5) is 4.77. The summed E-state index contributed by atoms with van der Waals surface area (Å²) < 4.78 is 32.9. The van der Waals surface area contributed by atoms with E-state index in [2.05, 4.69) is 20.8 Å². The maximum atomic E-state index is 13.5. The van der Waals surface area contributed by atoms with Crippen molar-refractivity contribution in [1.82, 2.24) is 4.98 Å². The molecule has 0 amide bonds. The van der Waals surface area contributed by atoms with E-state index in [0.29, 0.717) is 28.1 Å². The quantitative estimate of drug-likeness (QED) is 0.159. The second-order valence-electron chi connectivity index (χ2n) is 11.8. The van der Waals surface area contributed by atoms with Crippen molar-refractivity contribution < 1.29 is 17.7 Å². The minimum Gasteiger partial charge on any atom is -0.507 e. The minimum atomic E-state index is -4.19. The third-order valence-electron chi connectivity index (χ3n) is 7.43. The predicted molar refractivity (Wildman–Crippen MR) is 171 cm³/mol. The van der Waals surface area contributed by atoms with E-state index in [0.717, 1.165) is 38.1 Å². The van der Waals surface area contributed by atoms with Crippen LogP contribution in [0.3, 0.4) is 0 Å².